The Kier molecular flexibility index (Phi) is 3.85. The Labute approximate surface area is 113 Å². The van der Waals surface area contributed by atoms with Crippen LogP contribution in [0.3, 0.4) is 0 Å². The summed E-state index contributed by atoms with van der Waals surface area (Å²) in [6.45, 7) is 7.58. The molecule has 0 bridgehead atoms. The molecule has 0 saturated heterocycles. The number of hydrogen-bond acceptors (Lipinski definition) is 3. The lowest BCUT2D eigenvalue weighted by Gasteiger charge is -2.25. The maximum absolute atomic E-state index is 9.88. The first-order chi connectivity index (χ1) is 8.37. The van der Waals surface area contributed by atoms with Gasteiger partial charge in [-0.15, -0.1) is 0 Å². The summed E-state index contributed by atoms with van der Waals surface area (Å²) in [6, 6.07) is 3.75. The number of benzene rings is 1. The molecule has 2 rings (SSSR count). The molecule has 0 saturated carbocycles. The molecule has 3 nitrogen and oxygen atoms in total. The molecule has 0 unspecified atom stereocenters. The highest BCUT2D eigenvalue weighted by Crippen LogP contribution is 2.36. The second-order valence-corrected chi connectivity index (χ2v) is 6.15. The van der Waals surface area contributed by atoms with E-state index in [1.807, 2.05) is 12.1 Å². The van der Waals surface area contributed by atoms with Crippen molar-refractivity contribution in [2.24, 2.45) is 0 Å². The van der Waals surface area contributed by atoms with E-state index in [0.29, 0.717) is 24.6 Å². The van der Waals surface area contributed by atoms with Crippen LogP contribution in [-0.2, 0) is 6.54 Å². The highest BCUT2D eigenvalue weighted by atomic mass is 35.5. The van der Waals surface area contributed by atoms with Gasteiger partial charge >= 0.3 is 0 Å². The van der Waals surface area contributed by atoms with E-state index in [2.05, 4.69) is 26.1 Å². The molecule has 1 atom stereocenters. The van der Waals surface area contributed by atoms with Crippen molar-refractivity contribution in [1.29, 1.82) is 0 Å². The Morgan fingerprint density at radius 3 is 2.83 bits per heavy atom. The predicted molar refractivity (Wildman–Crippen MR) is 73.1 cm³/mol. The minimum Gasteiger partial charge on any atom is -0.493 e. The number of hydrogen-bond donors (Lipinski definition) is 2. The molecule has 2 N–H and O–H groups in total. The van der Waals surface area contributed by atoms with E-state index in [0.717, 1.165) is 16.9 Å². The van der Waals surface area contributed by atoms with Crippen LogP contribution in [-0.4, -0.2) is 17.3 Å². The highest BCUT2D eigenvalue weighted by molar-refractivity contribution is 6.31. The number of ether oxygens (including phenoxy) is 1. The molecule has 18 heavy (non-hydrogen) atoms. The van der Waals surface area contributed by atoms with Gasteiger partial charge in [0.1, 0.15) is 5.75 Å². The Morgan fingerprint density at radius 2 is 2.17 bits per heavy atom. The minimum absolute atomic E-state index is 0.0413. The largest absolute Gasteiger partial charge is 0.493 e. The van der Waals surface area contributed by atoms with E-state index < -0.39 is 6.10 Å². The van der Waals surface area contributed by atoms with Crippen molar-refractivity contribution in [1.82, 2.24) is 5.32 Å². The number of aliphatic hydroxyl groups is 1. The predicted octanol–water partition coefficient (Wildman–Crippen LogP) is 3.04. The Balaban J connectivity index is 2.22. The van der Waals surface area contributed by atoms with Crippen LogP contribution in [0.25, 0.3) is 0 Å². The summed E-state index contributed by atoms with van der Waals surface area (Å²) in [7, 11) is 0. The van der Waals surface area contributed by atoms with Crippen LogP contribution in [0.2, 0.25) is 5.02 Å². The number of halogens is 1. The molecule has 1 heterocycles. The van der Waals surface area contributed by atoms with Gasteiger partial charge < -0.3 is 15.2 Å². The van der Waals surface area contributed by atoms with Gasteiger partial charge in [-0.25, -0.2) is 0 Å². The lowest BCUT2D eigenvalue weighted by molar-refractivity contribution is 0.115. The molecule has 0 radical (unpaired) electrons. The summed E-state index contributed by atoms with van der Waals surface area (Å²) >= 11 is 6.25. The molecule has 0 aliphatic carbocycles. The number of rotatable bonds is 2. The smallest absolute Gasteiger partial charge is 0.125 e. The molecular weight excluding hydrogens is 250 g/mol. The molecule has 1 aliphatic rings. The van der Waals surface area contributed by atoms with E-state index in [9.17, 15) is 5.11 Å². The highest BCUT2D eigenvalue weighted by Gasteiger charge is 2.21. The monoisotopic (exact) mass is 269 g/mol. The minimum atomic E-state index is -0.462. The van der Waals surface area contributed by atoms with Gasteiger partial charge in [-0.2, -0.15) is 0 Å². The normalized spacial score (nSPS) is 19.3. The molecular formula is C14H20ClNO2. The quantitative estimate of drug-likeness (QED) is 0.867. The van der Waals surface area contributed by atoms with Crippen molar-refractivity contribution in [2.75, 3.05) is 6.61 Å². The van der Waals surface area contributed by atoms with Gasteiger partial charge in [-0.1, -0.05) is 11.6 Å². The van der Waals surface area contributed by atoms with Crippen molar-refractivity contribution >= 4 is 11.6 Å². The van der Waals surface area contributed by atoms with Crippen LogP contribution in [0, 0.1) is 0 Å². The first kappa shape index (κ1) is 13.7. The Bertz CT molecular complexity index is 440. The summed E-state index contributed by atoms with van der Waals surface area (Å²) < 4.78 is 5.58. The van der Waals surface area contributed by atoms with Gasteiger partial charge in [0.2, 0.25) is 0 Å². The third-order valence-electron chi connectivity index (χ3n) is 3.00. The van der Waals surface area contributed by atoms with Crippen LogP contribution in [0.4, 0.5) is 0 Å². The third kappa shape index (κ3) is 3.16. The van der Waals surface area contributed by atoms with E-state index in [1.165, 1.54) is 0 Å². The second kappa shape index (κ2) is 5.08. The van der Waals surface area contributed by atoms with Crippen molar-refractivity contribution in [3.63, 3.8) is 0 Å². The molecule has 0 spiro atoms. The fourth-order valence-electron chi connectivity index (χ4n) is 1.93. The van der Waals surface area contributed by atoms with Crippen LogP contribution < -0.4 is 10.1 Å². The summed E-state index contributed by atoms with van der Waals surface area (Å²) in [4.78, 5) is 0. The lowest BCUT2D eigenvalue weighted by Crippen LogP contribution is -2.35. The first-order valence-electron chi connectivity index (χ1n) is 6.25. The first-order valence-corrected chi connectivity index (χ1v) is 6.63. The number of nitrogens with one attached hydrogen (secondary N) is 1. The molecule has 1 aromatic carbocycles. The van der Waals surface area contributed by atoms with Crippen LogP contribution in [0.15, 0.2) is 12.1 Å². The fourth-order valence-corrected chi connectivity index (χ4v) is 2.17. The molecule has 0 amide bonds. The molecule has 0 aromatic heterocycles. The van der Waals surface area contributed by atoms with Gasteiger partial charge in [-0.05, 0) is 38.5 Å². The van der Waals surface area contributed by atoms with Gasteiger partial charge in [0.15, 0.2) is 0 Å². The average molecular weight is 270 g/mol. The van der Waals surface area contributed by atoms with Gasteiger partial charge in [0.25, 0.3) is 0 Å². The van der Waals surface area contributed by atoms with Crippen molar-refractivity contribution in [3.8, 4) is 5.75 Å². The topological polar surface area (TPSA) is 41.5 Å². The molecule has 1 aliphatic heterocycles. The van der Waals surface area contributed by atoms with Gasteiger partial charge in [0, 0.05) is 29.1 Å². The van der Waals surface area contributed by atoms with Gasteiger partial charge in [0.05, 0.1) is 12.7 Å². The maximum Gasteiger partial charge on any atom is 0.125 e. The SMILES string of the molecule is CC(C)(C)NCc1cc2c(cc1Cl)[C@@H](O)CCO2. The van der Waals surface area contributed by atoms with E-state index >= 15 is 0 Å². The van der Waals surface area contributed by atoms with E-state index in [4.69, 9.17) is 16.3 Å². The Hall–Kier alpha value is -0.770. The molecule has 4 heteroatoms. The maximum atomic E-state index is 9.88. The zero-order valence-electron chi connectivity index (χ0n) is 11.1. The second-order valence-electron chi connectivity index (χ2n) is 5.74. The van der Waals surface area contributed by atoms with Crippen LogP contribution >= 0.6 is 11.6 Å². The summed E-state index contributed by atoms with van der Waals surface area (Å²) in [5.74, 6) is 0.754. The zero-order valence-corrected chi connectivity index (χ0v) is 11.8. The van der Waals surface area contributed by atoms with Crippen LogP contribution in [0.5, 0.6) is 5.75 Å². The number of aliphatic hydroxyl groups excluding tert-OH is 1. The summed E-state index contributed by atoms with van der Waals surface area (Å²) in [6.07, 6.45) is 0.166. The average Bonchev–Trinajstić information content (AvgIpc) is 2.27. The van der Waals surface area contributed by atoms with Crippen molar-refractivity contribution in [2.45, 2.75) is 45.4 Å². The number of fused-ring (bicyclic) bond motifs is 1. The van der Waals surface area contributed by atoms with Crippen molar-refractivity contribution in [3.05, 3.63) is 28.3 Å². The zero-order chi connectivity index (χ0) is 13.3. The molecule has 1 aromatic rings. The van der Waals surface area contributed by atoms with E-state index in [1.54, 1.807) is 0 Å². The van der Waals surface area contributed by atoms with Gasteiger partial charge in [-0.3, -0.25) is 0 Å². The van der Waals surface area contributed by atoms with Crippen molar-refractivity contribution < 1.29 is 9.84 Å². The molecule has 100 valence electrons. The fraction of sp³-hybridized carbons (Fsp3) is 0.571. The van der Waals surface area contributed by atoms with E-state index in [-0.39, 0.29) is 5.54 Å². The van der Waals surface area contributed by atoms with Crippen LogP contribution in [0.1, 0.15) is 44.4 Å². The lowest BCUT2D eigenvalue weighted by atomic mass is 10.0. The Morgan fingerprint density at radius 1 is 1.44 bits per heavy atom. The summed E-state index contributed by atoms with van der Waals surface area (Å²) in [5.41, 5.74) is 1.84. The molecule has 0 fully saturated rings. The standard InChI is InChI=1S/C14H20ClNO2/c1-14(2,3)16-8-9-6-13-10(7-11(9)15)12(17)4-5-18-13/h6-7,12,16-17H,4-5,8H2,1-3H3/t12-/m0/s1. The third-order valence-corrected chi connectivity index (χ3v) is 3.35. The summed E-state index contributed by atoms with van der Waals surface area (Å²) in [5, 5.41) is 14.0.